The highest BCUT2D eigenvalue weighted by molar-refractivity contribution is 7.98. The van der Waals surface area contributed by atoms with Gasteiger partial charge in [-0.05, 0) is 48.0 Å². The van der Waals surface area contributed by atoms with E-state index in [-0.39, 0.29) is 11.1 Å². The number of amides is 2. The Morgan fingerprint density at radius 2 is 1.46 bits per heavy atom. The Morgan fingerprint density at radius 3 is 2.07 bits per heavy atom. The van der Waals surface area contributed by atoms with Crippen LogP contribution in [0.3, 0.4) is 0 Å². The minimum atomic E-state index is -0.527. The van der Waals surface area contributed by atoms with Crippen LogP contribution in [-0.4, -0.2) is 16.8 Å². The van der Waals surface area contributed by atoms with Gasteiger partial charge in [0.05, 0.1) is 5.56 Å². The molecule has 1 aromatic heterocycles. The maximum Gasteiger partial charge on any atom is 0.271 e. The third kappa shape index (κ3) is 5.48. The molecule has 1 heterocycles. The van der Waals surface area contributed by atoms with Gasteiger partial charge in [-0.3, -0.25) is 25.2 Å². The van der Waals surface area contributed by atoms with E-state index in [1.54, 1.807) is 23.9 Å². The number of carbonyl (C=O) groups excluding carboxylic acids is 2. The van der Waals surface area contributed by atoms with Gasteiger partial charge in [-0.15, -0.1) is 11.8 Å². The molecule has 3 aromatic rings. The average molecular weight is 414 g/mol. The summed E-state index contributed by atoms with van der Waals surface area (Å²) < 4.78 is 0. The predicted octanol–water partition coefficient (Wildman–Crippen LogP) is 3.40. The number of pyridine rings is 1. The fourth-order valence-electron chi connectivity index (χ4n) is 2.26. The number of nitrogens with one attached hydrogen (secondary N) is 3. The molecule has 2 amide bonds. The molecular formula is C20H16ClN3O3S. The van der Waals surface area contributed by atoms with Crippen molar-refractivity contribution in [3.8, 4) is 0 Å². The minimum absolute atomic E-state index is 0.231. The van der Waals surface area contributed by atoms with E-state index >= 15 is 0 Å². The molecule has 0 saturated heterocycles. The molecule has 142 valence electrons. The normalized spacial score (nSPS) is 10.3. The van der Waals surface area contributed by atoms with Crippen molar-refractivity contribution in [3.63, 3.8) is 0 Å². The van der Waals surface area contributed by atoms with E-state index in [1.807, 2.05) is 36.4 Å². The Hall–Kier alpha value is -3.03. The predicted molar refractivity (Wildman–Crippen MR) is 109 cm³/mol. The number of H-pyrrole nitrogens is 1. The Kier molecular flexibility index (Phi) is 6.52. The van der Waals surface area contributed by atoms with Crippen LogP contribution in [0.15, 0.2) is 76.6 Å². The molecule has 0 bridgehead atoms. The lowest BCUT2D eigenvalue weighted by Crippen LogP contribution is -2.41. The summed E-state index contributed by atoms with van der Waals surface area (Å²) in [7, 11) is 0. The molecule has 0 aliphatic rings. The molecule has 0 aliphatic carbocycles. The Morgan fingerprint density at radius 1 is 0.857 bits per heavy atom. The average Bonchev–Trinajstić information content (AvgIpc) is 2.72. The van der Waals surface area contributed by atoms with Gasteiger partial charge >= 0.3 is 0 Å². The molecule has 2 aromatic carbocycles. The van der Waals surface area contributed by atoms with Crippen LogP contribution in [0.5, 0.6) is 0 Å². The summed E-state index contributed by atoms with van der Waals surface area (Å²) in [5, 5.41) is 0.701. The Balaban J connectivity index is 1.51. The Labute approximate surface area is 170 Å². The second-order valence-corrected chi connectivity index (χ2v) is 7.27. The molecule has 0 fully saturated rings. The molecule has 0 radical (unpaired) electrons. The van der Waals surface area contributed by atoms with Crippen molar-refractivity contribution in [2.24, 2.45) is 0 Å². The summed E-state index contributed by atoms with van der Waals surface area (Å²) in [6, 6.07) is 17.3. The molecule has 0 atom stereocenters. The fourth-order valence-corrected chi connectivity index (χ4v) is 3.24. The molecule has 3 rings (SSSR count). The first-order chi connectivity index (χ1) is 13.5. The van der Waals surface area contributed by atoms with Gasteiger partial charge in [0.1, 0.15) is 0 Å². The van der Waals surface area contributed by atoms with Gasteiger partial charge in [0, 0.05) is 33.5 Å². The van der Waals surface area contributed by atoms with Crippen molar-refractivity contribution in [3.05, 3.63) is 98.9 Å². The summed E-state index contributed by atoms with van der Waals surface area (Å²) in [5.41, 5.74) is 6.06. The topological polar surface area (TPSA) is 91.1 Å². The summed E-state index contributed by atoms with van der Waals surface area (Å²) in [4.78, 5) is 38.6. The molecule has 0 unspecified atom stereocenters. The number of aromatic nitrogens is 1. The van der Waals surface area contributed by atoms with Gasteiger partial charge in [-0.2, -0.15) is 0 Å². The number of hydrogen-bond donors (Lipinski definition) is 3. The van der Waals surface area contributed by atoms with Gasteiger partial charge in [-0.1, -0.05) is 23.7 Å². The first-order valence-corrected chi connectivity index (χ1v) is 9.64. The lowest BCUT2D eigenvalue weighted by atomic mass is 10.1. The smallest absolute Gasteiger partial charge is 0.271 e. The van der Waals surface area contributed by atoms with E-state index in [2.05, 4.69) is 15.8 Å². The molecular weight excluding hydrogens is 398 g/mol. The zero-order chi connectivity index (χ0) is 19.9. The first kappa shape index (κ1) is 19.7. The van der Waals surface area contributed by atoms with Crippen LogP contribution < -0.4 is 16.4 Å². The van der Waals surface area contributed by atoms with Crippen LogP contribution in [0.4, 0.5) is 0 Å². The van der Waals surface area contributed by atoms with Crippen molar-refractivity contribution in [1.82, 2.24) is 15.8 Å². The summed E-state index contributed by atoms with van der Waals surface area (Å²) in [6.45, 7) is 0. The molecule has 6 nitrogen and oxygen atoms in total. The van der Waals surface area contributed by atoms with Gasteiger partial charge in [0.25, 0.3) is 11.8 Å². The highest BCUT2D eigenvalue weighted by Crippen LogP contribution is 2.24. The maximum atomic E-state index is 12.2. The second-order valence-electron chi connectivity index (χ2n) is 5.79. The van der Waals surface area contributed by atoms with Gasteiger partial charge in [-0.25, -0.2) is 0 Å². The summed E-state index contributed by atoms with van der Waals surface area (Å²) in [5.74, 6) is -0.206. The van der Waals surface area contributed by atoms with Crippen molar-refractivity contribution >= 4 is 35.2 Å². The summed E-state index contributed by atoms with van der Waals surface area (Å²) in [6.07, 6.45) is 1.27. The number of halogens is 1. The van der Waals surface area contributed by atoms with Crippen LogP contribution in [0, 0.1) is 0 Å². The standard InChI is InChI=1S/C20H16ClN3O3S/c21-16-6-8-17(9-7-16)28-12-13-1-3-14(4-2-13)19(26)23-24-20(27)15-5-10-18(25)22-11-15/h1-11H,12H2,(H,22,25)(H,23,26)(H,24,27). The van der Waals surface area contributed by atoms with Crippen LogP contribution >= 0.6 is 23.4 Å². The lowest BCUT2D eigenvalue weighted by Gasteiger charge is -2.08. The monoisotopic (exact) mass is 413 g/mol. The van der Waals surface area contributed by atoms with E-state index in [0.29, 0.717) is 10.6 Å². The maximum absolute atomic E-state index is 12.2. The van der Waals surface area contributed by atoms with Crippen LogP contribution in [0.2, 0.25) is 5.02 Å². The van der Waals surface area contributed by atoms with Crippen LogP contribution in [-0.2, 0) is 5.75 Å². The quantitative estimate of drug-likeness (QED) is 0.441. The number of aromatic amines is 1. The van der Waals surface area contributed by atoms with Crippen molar-refractivity contribution in [2.75, 3.05) is 0 Å². The van der Waals surface area contributed by atoms with Crippen LogP contribution in [0.1, 0.15) is 26.3 Å². The van der Waals surface area contributed by atoms with Crippen LogP contribution in [0.25, 0.3) is 0 Å². The Bertz CT molecular complexity index is 1010. The van der Waals surface area contributed by atoms with Crippen molar-refractivity contribution in [1.29, 1.82) is 0 Å². The zero-order valence-corrected chi connectivity index (χ0v) is 16.1. The highest BCUT2D eigenvalue weighted by Gasteiger charge is 2.09. The van der Waals surface area contributed by atoms with E-state index < -0.39 is 11.8 Å². The molecule has 28 heavy (non-hydrogen) atoms. The third-order valence-corrected chi connectivity index (χ3v) is 5.11. The fraction of sp³-hybridized carbons (Fsp3) is 0.0500. The molecule has 3 N–H and O–H groups in total. The van der Waals surface area contributed by atoms with E-state index in [0.717, 1.165) is 16.2 Å². The molecule has 0 aliphatic heterocycles. The number of hydrogen-bond acceptors (Lipinski definition) is 4. The number of rotatable bonds is 5. The van der Waals surface area contributed by atoms with Gasteiger partial charge < -0.3 is 4.98 Å². The third-order valence-electron chi connectivity index (χ3n) is 3.77. The second kappa shape index (κ2) is 9.25. The first-order valence-electron chi connectivity index (χ1n) is 8.28. The van der Waals surface area contributed by atoms with E-state index in [4.69, 9.17) is 11.6 Å². The van der Waals surface area contributed by atoms with E-state index in [9.17, 15) is 14.4 Å². The number of hydrazine groups is 1. The summed E-state index contributed by atoms with van der Waals surface area (Å²) >= 11 is 7.54. The lowest BCUT2D eigenvalue weighted by molar-refractivity contribution is 0.0846. The number of benzene rings is 2. The number of carbonyl (C=O) groups is 2. The molecule has 8 heteroatoms. The van der Waals surface area contributed by atoms with Crippen molar-refractivity contribution in [2.45, 2.75) is 10.6 Å². The molecule has 0 spiro atoms. The highest BCUT2D eigenvalue weighted by atomic mass is 35.5. The number of thioether (sulfide) groups is 1. The largest absolute Gasteiger partial charge is 0.328 e. The zero-order valence-electron chi connectivity index (χ0n) is 14.6. The van der Waals surface area contributed by atoms with Gasteiger partial charge in [0.2, 0.25) is 5.56 Å². The minimum Gasteiger partial charge on any atom is -0.328 e. The van der Waals surface area contributed by atoms with Crippen molar-refractivity contribution < 1.29 is 9.59 Å². The SMILES string of the molecule is O=C(NNC(=O)c1ccc(=O)[nH]c1)c1ccc(CSc2ccc(Cl)cc2)cc1. The molecule has 0 saturated carbocycles. The van der Waals surface area contributed by atoms with Gasteiger partial charge in [0.15, 0.2) is 0 Å². The van der Waals surface area contributed by atoms with E-state index in [1.165, 1.54) is 18.3 Å².